The number of aromatic nitrogens is 2. The summed E-state index contributed by atoms with van der Waals surface area (Å²) in [4.78, 5) is 0. The molecule has 0 bridgehead atoms. The van der Waals surface area contributed by atoms with Crippen LogP contribution in [-0.2, 0) is 17.8 Å². The van der Waals surface area contributed by atoms with Crippen LogP contribution in [-0.4, -0.2) is 23.7 Å². The van der Waals surface area contributed by atoms with Crippen LogP contribution in [0, 0.1) is 5.82 Å². The number of benzene rings is 2. The quantitative estimate of drug-likeness (QED) is 0.689. The number of methoxy groups -OCH3 is 1. The molecule has 1 aliphatic rings. The molecule has 1 N–H and O–H groups in total. The van der Waals surface area contributed by atoms with E-state index in [-0.39, 0.29) is 6.79 Å². The third-order valence-electron chi connectivity index (χ3n) is 4.27. The predicted molar refractivity (Wildman–Crippen MR) is 97.0 cm³/mol. The number of nitrogens with zero attached hydrogens (tertiary/aromatic N) is 2. The molecule has 1 aliphatic heterocycles. The maximum absolute atomic E-state index is 14.8. The van der Waals surface area contributed by atoms with Crippen LogP contribution in [0.4, 0.5) is 4.39 Å². The minimum atomic E-state index is -0.414. The Labute approximate surface area is 155 Å². The third-order valence-corrected chi connectivity index (χ3v) is 4.52. The second-order valence-electron chi connectivity index (χ2n) is 5.96. The van der Waals surface area contributed by atoms with Gasteiger partial charge in [-0.15, -0.1) is 0 Å². The fourth-order valence-electron chi connectivity index (χ4n) is 3.08. The summed E-state index contributed by atoms with van der Waals surface area (Å²) in [5.74, 6) is -0.00884. The van der Waals surface area contributed by atoms with Crippen molar-refractivity contribution < 1.29 is 13.9 Å². The maximum atomic E-state index is 14.8. The Bertz CT molecular complexity index is 941. The Kier molecular flexibility index (Phi) is 4.63. The summed E-state index contributed by atoms with van der Waals surface area (Å²) in [7, 11) is 1.52. The smallest absolute Gasteiger partial charge is 0.188 e. The fraction of sp³-hybridized carbons (Fsp3) is 0.211. The zero-order chi connectivity index (χ0) is 18.1. The number of rotatable bonds is 5. The lowest BCUT2D eigenvalue weighted by Crippen LogP contribution is -2.09. The number of halogens is 2. The predicted octanol–water partition coefficient (Wildman–Crippen LogP) is 3.92. The molecule has 5 nitrogen and oxygen atoms in total. The van der Waals surface area contributed by atoms with Crippen LogP contribution in [0.25, 0.3) is 16.9 Å². The topological polar surface area (TPSA) is 48.3 Å². The molecule has 7 heteroatoms. The largest absolute Gasteiger partial charge is 0.467 e. The summed E-state index contributed by atoms with van der Waals surface area (Å²) in [6.45, 7) is 1.43. The molecule has 26 heavy (non-hydrogen) atoms. The highest BCUT2D eigenvalue weighted by atomic mass is 35.5. The average molecular weight is 374 g/mol. The van der Waals surface area contributed by atoms with Gasteiger partial charge in [0.1, 0.15) is 11.4 Å². The SMILES string of the molecule is COCOc1ccc(-n2nc3c(c2-c2ccc(Cl)cc2)CNC3)c(F)c1. The van der Waals surface area contributed by atoms with Crippen molar-refractivity contribution in [3.05, 3.63) is 64.6 Å². The summed E-state index contributed by atoms with van der Waals surface area (Å²) in [6.07, 6.45) is 0. The Balaban J connectivity index is 1.81. The molecule has 0 amide bonds. The van der Waals surface area contributed by atoms with Gasteiger partial charge in [-0.05, 0) is 24.3 Å². The first-order valence-electron chi connectivity index (χ1n) is 8.16. The number of hydrogen-bond donors (Lipinski definition) is 1. The van der Waals surface area contributed by atoms with Gasteiger partial charge in [-0.2, -0.15) is 5.10 Å². The minimum Gasteiger partial charge on any atom is -0.467 e. The van der Waals surface area contributed by atoms with Crippen molar-refractivity contribution in [2.75, 3.05) is 13.9 Å². The average Bonchev–Trinajstić information content (AvgIpc) is 3.22. The Morgan fingerprint density at radius 2 is 2.00 bits per heavy atom. The van der Waals surface area contributed by atoms with Crippen molar-refractivity contribution in [2.24, 2.45) is 0 Å². The lowest BCUT2D eigenvalue weighted by Gasteiger charge is -2.12. The highest BCUT2D eigenvalue weighted by Crippen LogP contribution is 2.33. The van der Waals surface area contributed by atoms with E-state index in [1.54, 1.807) is 16.8 Å². The van der Waals surface area contributed by atoms with Gasteiger partial charge < -0.3 is 14.8 Å². The molecular formula is C19H17ClFN3O2. The number of ether oxygens (including phenoxy) is 2. The molecule has 0 spiro atoms. The van der Waals surface area contributed by atoms with Gasteiger partial charge in [-0.3, -0.25) is 0 Å². The molecule has 0 radical (unpaired) electrons. The molecule has 4 rings (SSSR count). The molecule has 3 aromatic rings. The van der Waals surface area contributed by atoms with Gasteiger partial charge in [-0.1, -0.05) is 23.7 Å². The fourth-order valence-corrected chi connectivity index (χ4v) is 3.21. The van der Waals surface area contributed by atoms with E-state index in [1.807, 2.05) is 24.3 Å². The molecule has 134 valence electrons. The molecule has 0 fully saturated rings. The molecule has 0 saturated heterocycles. The zero-order valence-corrected chi connectivity index (χ0v) is 14.9. The number of hydrogen-bond acceptors (Lipinski definition) is 4. The highest BCUT2D eigenvalue weighted by molar-refractivity contribution is 6.30. The highest BCUT2D eigenvalue weighted by Gasteiger charge is 2.25. The molecular weight excluding hydrogens is 357 g/mol. The normalized spacial score (nSPS) is 13.0. The minimum absolute atomic E-state index is 0.0660. The van der Waals surface area contributed by atoms with E-state index in [0.29, 0.717) is 29.5 Å². The van der Waals surface area contributed by atoms with Crippen molar-refractivity contribution in [1.82, 2.24) is 15.1 Å². The molecule has 2 aromatic carbocycles. The van der Waals surface area contributed by atoms with Gasteiger partial charge in [0.25, 0.3) is 0 Å². The Morgan fingerprint density at radius 3 is 2.73 bits per heavy atom. The second-order valence-corrected chi connectivity index (χ2v) is 6.40. The Hall–Kier alpha value is -2.41. The van der Waals surface area contributed by atoms with Crippen molar-refractivity contribution in [1.29, 1.82) is 0 Å². The van der Waals surface area contributed by atoms with E-state index >= 15 is 0 Å². The van der Waals surface area contributed by atoms with Gasteiger partial charge in [0.05, 0.1) is 11.4 Å². The van der Waals surface area contributed by atoms with E-state index in [2.05, 4.69) is 10.4 Å². The zero-order valence-electron chi connectivity index (χ0n) is 14.1. The van der Waals surface area contributed by atoms with E-state index in [1.165, 1.54) is 13.2 Å². The molecule has 0 aliphatic carbocycles. The van der Waals surface area contributed by atoms with Crippen molar-refractivity contribution in [3.63, 3.8) is 0 Å². The maximum Gasteiger partial charge on any atom is 0.188 e. The van der Waals surface area contributed by atoms with Gasteiger partial charge in [0.15, 0.2) is 12.6 Å². The molecule has 0 unspecified atom stereocenters. The van der Waals surface area contributed by atoms with E-state index in [0.717, 1.165) is 22.5 Å². The lowest BCUT2D eigenvalue weighted by atomic mass is 10.1. The van der Waals surface area contributed by atoms with E-state index < -0.39 is 5.82 Å². The van der Waals surface area contributed by atoms with E-state index in [4.69, 9.17) is 21.1 Å². The van der Waals surface area contributed by atoms with Gasteiger partial charge in [0, 0.05) is 42.4 Å². The second kappa shape index (κ2) is 7.07. The summed E-state index contributed by atoms with van der Waals surface area (Å²) in [5, 5.41) is 8.57. The first kappa shape index (κ1) is 17.0. The summed E-state index contributed by atoms with van der Waals surface area (Å²) in [6, 6.07) is 12.2. The first-order chi connectivity index (χ1) is 12.7. The van der Waals surface area contributed by atoms with Crippen LogP contribution < -0.4 is 10.1 Å². The molecule has 1 aromatic heterocycles. The van der Waals surface area contributed by atoms with E-state index in [9.17, 15) is 4.39 Å². The number of nitrogens with one attached hydrogen (secondary N) is 1. The third kappa shape index (κ3) is 3.07. The van der Waals surface area contributed by atoms with Crippen LogP contribution in [0.5, 0.6) is 5.75 Å². The van der Waals surface area contributed by atoms with Crippen LogP contribution in [0.15, 0.2) is 42.5 Å². The summed E-state index contributed by atoms with van der Waals surface area (Å²) < 4.78 is 26.6. The van der Waals surface area contributed by atoms with Crippen LogP contribution in [0.1, 0.15) is 11.3 Å². The van der Waals surface area contributed by atoms with Crippen molar-refractivity contribution in [2.45, 2.75) is 13.1 Å². The van der Waals surface area contributed by atoms with Gasteiger partial charge in [0.2, 0.25) is 0 Å². The molecule has 0 saturated carbocycles. The summed E-state index contributed by atoms with van der Waals surface area (Å²) >= 11 is 6.01. The molecule has 0 atom stereocenters. The van der Waals surface area contributed by atoms with Crippen LogP contribution in [0.2, 0.25) is 5.02 Å². The summed E-state index contributed by atoms with van der Waals surface area (Å²) in [5.41, 5.74) is 4.17. The van der Waals surface area contributed by atoms with Crippen LogP contribution in [0.3, 0.4) is 0 Å². The van der Waals surface area contributed by atoms with Crippen molar-refractivity contribution in [3.8, 4) is 22.7 Å². The monoisotopic (exact) mass is 373 g/mol. The number of fused-ring (bicyclic) bond motifs is 1. The van der Waals surface area contributed by atoms with Gasteiger partial charge >= 0.3 is 0 Å². The lowest BCUT2D eigenvalue weighted by molar-refractivity contribution is 0.0509. The molecule has 2 heterocycles. The standard InChI is InChI=1S/C19H17ClFN3O2/c1-25-11-26-14-6-7-18(16(21)8-14)24-19(12-2-4-13(20)5-3-12)15-9-22-10-17(15)23-24/h2-8,22H,9-11H2,1H3. The van der Waals surface area contributed by atoms with Crippen molar-refractivity contribution >= 4 is 11.6 Å². The van der Waals surface area contributed by atoms with Crippen LogP contribution >= 0.6 is 11.6 Å². The Morgan fingerprint density at radius 1 is 1.19 bits per heavy atom. The first-order valence-corrected chi connectivity index (χ1v) is 8.54. The van der Waals surface area contributed by atoms with Gasteiger partial charge in [-0.25, -0.2) is 9.07 Å².